The summed E-state index contributed by atoms with van der Waals surface area (Å²) in [7, 11) is 0. The number of benzene rings is 2. The molecule has 0 spiro atoms. The van der Waals surface area contributed by atoms with Gasteiger partial charge in [-0.2, -0.15) is 5.10 Å². The van der Waals surface area contributed by atoms with Crippen molar-refractivity contribution in [2.24, 2.45) is 0 Å². The van der Waals surface area contributed by atoms with Gasteiger partial charge in [0.05, 0.1) is 15.0 Å². The van der Waals surface area contributed by atoms with Crippen molar-refractivity contribution in [1.82, 2.24) is 9.78 Å². The second-order valence-electron chi connectivity index (χ2n) is 4.67. The minimum atomic E-state index is -2.64. The monoisotopic (exact) mass is 412 g/mol. The van der Waals surface area contributed by atoms with Gasteiger partial charge in [-0.1, -0.05) is 18.2 Å². The van der Waals surface area contributed by atoms with Gasteiger partial charge in [-0.05, 0) is 59.0 Å². The van der Waals surface area contributed by atoms with Crippen molar-refractivity contribution < 1.29 is 13.9 Å². The van der Waals surface area contributed by atoms with E-state index >= 15 is 0 Å². The smallest absolute Gasteiger partial charge is 0.282 e. The van der Waals surface area contributed by atoms with Crippen LogP contribution in [0.25, 0.3) is 16.9 Å². The van der Waals surface area contributed by atoms with E-state index in [0.717, 1.165) is 0 Å². The summed E-state index contributed by atoms with van der Waals surface area (Å²) in [5, 5.41) is 13.6. The zero-order chi connectivity index (χ0) is 15.7. The van der Waals surface area contributed by atoms with E-state index in [1.165, 1.54) is 10.7 Å². The molecule has 0 atom stereocenters. The standard InChI is InChI=1S/C16H11F2IN2O/c17-16(18)13-9-14(10-6-7-15(22)12(19)8-10)21(20-13)11-4-2-1-3-5-11/h1-9,16,22H. The summed E-state index contributed by atoms with van der Waals surface area (Å²) in [6.45, 7) is 0. The fraction of sp³-hybridized carbons (Fsp3) is 0.0625. The van der Waals surface area contributed by atoms with Crippen molar-refractivity contribution in [2.75, 3.05) is 0 Å². The number of halogens is 3. The molecule has 0 radical (unpaired) electrons. The van der Waals surface area contributed by atoms with E-state index in [-0.39, 0.29) is 11.4 Å². The van der Waals surface area contributed by atoms with Gasteiger partial charge in [0.2, 0.25) is 0 Å². The lowest BCUT2D eigenvalue weighted by Crippen LogP contribution is -1.99. The fourth-order valence-electron chi connectivity index (χ4n) is 2.14. The minimum absolute atomic E-state index is 0.157. The van der Waals surface area contributed by atoms with Crippen LogP contribution in [0.15, 0.2) is 54.6 Å². The number of alkyl halides is 2. The highest BCUT2D eigenvalue weighted by Crippen LogP contribution is 2.31. The molecular formula is C16H11F2IN2O. The molecule has 0 unspecified atom stereocenters. The molecule has 6 heteroatoms. The Morgan fingerprint density at radius 2 is 1.77 bits per heavy atom. The SMILES string of the molecule is Oc1ccc(-c2cc(C(F)F)nn2-c2ccccc2)cc1I. The summed E-state index contributed by atoms with van der Waals surface area (Å²) in [6.07, 6.45) is -2.64. The van der Waals surface area contributed by atoms with Crippen LogP contribution < -0.4 is 0 Å². The number of nitrogens with zero attached hydrogens (tertiary/aromatic N) is 2. The molecule has 112 valence electrons. The van der Waals surface area contributed by atoms with E-state index in [2.05, 4.69) is 5.10 Å². The van der Waals surface area contributed by atoms with Gasteiger partial charge in [0.1, 0.15) is 11.4 Å². The maximum atomic E-state index is 13.0. The molecule has 0 aliphatic heterocycles. The average molecular weight is 412 g/mol. The van der Waals surface area contributed by atoms with Crippen LogP contribution in [0.4, 0.5) is 8.78 Å². The first kappa shape index (κ1) is 15.0. The van der Waals surface area contributed by atoms with Crippen LogP contribution >= 0.6 is 22.6 Å². The maximum Gasteiger partial charge on any atom is 0.282 e. The van der Waals surface area contributed by atoms with Gasteiger partial charge < -0.3 is 5.11 Å². The maximum absolute atomic E-state index is 13.0. The van der Waals surface area contributed by atoms with Crippen LogP contribution in [0.2, 0.25) is 0 Å². The number of rotatable bonds is 3. The topological polar surface area (TPSA) is 38.1 Å². The van der Waals surface area contributed by atoms with Crippen LogP contribution in [0.3, 0.4) is 0 Å². The summed E-state index contributed by atoms with van der Waals surface area (Å²) < 4.78 is 28.2. The Morgan fingerprint density at radius 1 is 1.05 bits per heavy atom. The van der Waals surface area contributed by atoms with E-state index < -0.39 is 6.43 Å². The van der Waals surface area contributed by atoms with Crippen molar-refractivity contribution in [3.63, 3.8) is 0 Å². The summed E-state index contributed by atoms with van der Waals surface area (Å²) in [5.41, 5.74) is 1.69. The molecule has 1 aromatic heterocycles. The molecule has 0 bridgehead atoms. The zero-order valence-corrected chi connectivity index (χ0v) is 13.4. The lowest BCUT2D eigenvalue weighted by Gasteiger charge is -2.08. The highest BCUT2D eigenvalue weighted by molar-refractivity contribution is 14.1. The number of hydrogen-bond donors (Lipinski definition) is 1. The van der Waals surface area contributed by atoms with Crippen molar-refractivity contribution in [2.45, 2.75) is 6.43 Å². The number of para-hydroxylation sites is 1. The molecule has 2 aromatic carbocycles. The first-order chi connectivity index (χ1) is 10.6. The molecule has 3 nitrogen and oxygen atoms in total. The van der Waals surface area contributed by atoms with Gasteiger partial charge in [-0.25, -0.2) is 13.5 Å². The van der Waals surface area contributed by atoms with Crippen molar-refractivity contribution in [1.29, 1.82) is 0 Å². The van der Waals surface area contributed by atoms with Crippen LogP contribution in [-0.4, -0.2) is 14.9 Å². The third-order valence-corrected chi connectivity index (χ3v) is 4.06. The summed E-state index contributed by atoms with van der Waals surface area (Å²) in [5.74, 6) is 0.157. The predicted molar refractivity (Wildman–Crippen MR) is 88.3 cm³/mol. The highest BCUT2D eigenvalue weighted by Gasteiger charge is 2.18. The predicted octanol–water partition coefficient (Wildman–Crippen LogP) is 4.79. The van der Waals surface area contributed by atoms with Gasteiger partial charge in [0.25, 0.3) is 6.43 Å². The number of aromatic hydroxyl groups is 1. The largest absolute Gasteiger partial charge is 0.507 e. The summed E-state index contributed by atoms with van der Waals surface area (Å²) in [6, 6.07) is 15.4. The number of phenolic OH excluding ortho intramolecular Hbond substituents is 1. The molecule has 3 aromatic rings. The van der Waals surface area contributed by atoms with Crippen LogP contribution in [0.1, 0.15) is 12.1 Å². The van der Waals surface area contributed by atoms with E-state index in [1.54, 1.807) is 30.3 Å². The van der Waals surface area contributed by atoms with Crippen molar-refractivity contribution in [3.05, 3.63) is 63.9 Å². The number of hydrogen-bond acceptors (Lipinski definition) is 2. The highest BCUT2D eigenvalue weighted by atomic mass is 127. The van der Waals surface area contributed by atoms with Gasteiger partial charge in [0.15, 0.2) is 0 Å². The van der Waals surface area contributed by atoms with Crippen LogP contribution in [0.5, 0.6) is 5.75 Å². The molecule has 1 heterocycles. The van der Waals surface area contributed by atoms with E-state index in [4.69, 9.17) is 0 Å². The third-order valence-electron chi connectivity index (χ3n) is 3.20. The van der Waals surface area contributed by atoms with Crippen molar-refractivity contribution >= 4 is 22.6 Å². The molecule has 0 saturated carbocycles. The second kappa shape index (κ2) is 6.04. The van der Waals surface area contributed by atoms with E-state index in [9.17, 15) is 13.9 Å². The Morgan fingerprint density at radius 3 is 2.41 bits per heavy atom. The molecule has 0 fully saturated rings. The fourth-order valence-corrected chi connectivity index (χ4v) is 2.66. The van der Waals surface area contributed by atoms with Gasteiger partial charge >= 0.3 is 0 Å². The number of aromatic nitrogens is 2. The van der Waals surface area contributed by atoms with Gasteiger partial charge in [-0.3, -0.25) is 0 Å². The molecule has 0 aliphatic rings. The minimum Gasteiger partial charge on any atom is -0.507 e. The Kier molecular flexibility index (Phi) is 4.10. The van der Waals surface area contributed by atoms with E-state index in [1.807, 2.05) is 40.8 Å². The first-order valence-corrected chi connectivity index (χ1v) is 7.56. The Labute approximate surface area is 139 Å². The first-order valence-electron chi connectivity index (χ1n) is 6.48. The van der Waals surface area contributed by atoms with Gasteiger partial charge in [0, 0.05) is 5.56 Å². The average Bonchev–Trinajstić information content (AvgIpc) is 2.96. The molecule has 0 aliphatic carbocycles. The molecule has 3 rings (SSSR count). The quantitative estimate of drug-likeness (QED) is 0.629. The second-order valence-corrected chi connectivity index (χ2v) is 5.83. The van der Waals surface area contributed by atoms with Crippen LogP contribution in [0, 0.1) is 3.57 Å². The Hall–Kier alpha value is -1.96. The number of phenols is 1. The Balaban J connectivity index is 2.19. The molecule has 0 saturated heterocycles. The zero-order valence-electron chi connectivity index (χ0n) is 11.2. The third kappa shape index (κ3) is 2.83. The van der Waals surface area contributed by atoms with Gasteiger partial charge in [-0.15, -0.1) is 0 Å². The van der Waals surface area contributed by atoms with Crippen molar-refractivity contribution in [3.8, 4) is 22.7 Å². The normalized spacial score (nSPS) is 11.1. The summed E-state index contributed by atoms with van der Waals surface area (Å²) in [4.78, 5) is 0. The molecular weight excluding hydrogens is 401 g/mol. The lowest BCUT2D eigenvalue weighted by atomic mass is 10.1. The molecule has 0 amide bonds. The lowest BCUT2D eigenvalue weighted by molar-refractivity contribution is 0.145. The van der Waals surface area contributed by atoms with Crippen LogP contribution in [-0.2, 0) is 0 Å². The molecule has 22 heavy (non-hydrogen) atoms. The van der Waals surface area contributed by atoms with E-state index in [0.29, 0.717) is 20.5 Å². The summed E-state index contributed by atoms with van der Waals surface area (Å²) >= 11 is 2.00. The molecule has 1 N–H and O–H groups in total. The Bertz CT molecular complexity index is 803.